The highest BCUT2D eigenvalue weighted by Crippen LogP contribution is 2.60. The first-order valence-corrected chi connectivity index (χ1v) is 10.8. The van der Waals surface area contributed by atoms with Crippen LogP contribution in [0.25, 0.3) is 0 Å². The van der Waals surface area contributed by atoms with Crippen LogP contribution in [-0.4, -0.2) is 24.3 Å². The van der Waals surface area contributed by atoms with Gasteiger partial charge in [-0.05, 0) is 68.8 Å². The van der Waals surface area contributed by atoms with Crippen LogP contribution in [0.4, 0.5) is 0 Å². The lowest BCUT2D eigenvalue weighted by molar-refractivity contribution is -0.567. The van der Waals surface area contributed by atoms with Crippen molar-refractivity contribution in [1.82, 2.24) is 0 Å². The van der Waals surface area contributed by atoms with E-state index in [0.29, 0.717) is 23.7 Å². The number of rotatable bonds is 4. The molecule has 1 aliphatic carbocycles. The van der Waals surface area contributed by atoms with Gasteiger partial charge in [-0.25, -0.2) is 9.78 Å². The number of ether oxygens (including phenoxy) is 2. The highest BCUT2D eigenvalue weighted by Gasteiger charge is 2.68. The van der Waals surface area contributed by atoms with Crippen molar-refractivity contribution in [2.24, 2.45) is 23.7 Å². The lowest BCUT2D eigenvalue weighted by atomic mass is 9.57. The van der Waals surface area contributed by atoms with Crippen molar-refractivity contribution in [3.63, 3.8) is 0 Å². The predicted molar refractivity (Wildman–Crippen MR) is 102 cm³/mol. The first-order valence-electron chi connectivity index (χ1n) is 10.8. The third kappa shape index (κ3) is 2.96. The monoisotopic (exact) mass is 372 g/mol. The van der Waals surface area contributed by atoms with Crippen LogP contribution in [0.2, 0.25) is 0 Å². The van der Waals surface area contributed by atoms with Crippen LogP contribution in [0.5, 0.6) is 0 Å². The number of benzene rings is 1. The van der Waals surface area contributed by atoms with E-state index in [2.05, 4.69) is 37.3 Å². The van der Waals surface area contributed by atoms with Gasteiger partial charge in [0.25, 0.3) is 0 Å². The summed E-state index contributed by atoms with van der Waals surface area (Å²) in [7, 11) is 0. The second kappa shape index (κ2) is 6.84. The minimum Gasteiger partial charge on any atom is -0.349 e. The Bertz CT molecular complexity index is 664. The molecule has 0 radical (unpaired) electrons. The molecule has 1 aromatic carbocycles. The molecule has 0 amide bonds. The molecule has 0 N–H and O–H groups in total. The van der Waals surface area contributed by atoms with Gasteiger partial charge in [0.1, 0.15) is 0 Å². The average Bonchev–Trinajstić information content (AvgIpc) is 2.91. The van der Waals surface area contributed by atoms with Crippen molar-refractivity contribution in [1.29, 1.82) is 0 Å². The zero-order valence-electron chi connectivity index (χ0n) is 16.6. The van der Waals surface area contributed by atoms with E-state index in [4.69, 9.17) is 19.2 Å². The van der Waals surface area contributed by atoms with Gasteiger partial charge in [-0.2, -0.15) is 0 Å². The van der Waals surface area contributed by atoms with Crippen LogP contribution in [0.3, 0.4) is 0 Å². The lowest BCUT2D eigenvalue weighted by Crippen LogP contribution is -2.69. The molecule has 6 rings (SSSR count). The average molecular weight is 373 g/mol. The number of aryl methyl sites for hydroxylation is 1. The predicted octanol–water partition coefficient (Wildman–Crippen LogP) is 4.87. The SMILES string of the molecule is C[C@@H]1CC[C@H]2[C@@H](CCCc3ccccc3)CO[C@@H]3O[C@]4(C)CC[C@@H]1[C@]32OO4. The molecule has 4 aliphatic heterocycles. The van der Waals surface area contributed by atoms with Gasteiger partial charge in [0.05, 0.1) is 6.61 Å². The summed E-state index contributed by atoms with van der Waals surface area (Å²) < 4.78 is 12.7. The van der Waals surface area contributed by atoms with Gasteiger partial charge in [0, 0.05) is 12.3 Å². The molecule has 5 fully saturated rings. The summed E-state index contributed by atoms with van der Waals surface area (Å²) in [6, 6.07) is 10.8. The third-order valence-corrected chi connectivity index (χ3v) is 7.69. The summed E-state index contributed by atoms with van der Waals surface area (Å²) in [4.78, 5) is 12.1. The molecule has 4 saturated heterocycles. The van der Waals surface area contributed by atoms with Crippen LogP contribution < -0.4 is 0 Å². The van der Waals surface area contributed by atoms with Crippen LogP contribution in [0, 0.1) is 23.7 Å². The molecular weight excluding hydrogens is 340 g/mol. The standard InChI is InChI=1S/C23H32O4/c1-16-11-12-20-18(10-6-9-17-7-4-3-5-8-17)15-24-21-23(20)19(16)13-14-22(2,25-21)26-27-23/h3-5,7-8,16,18-21H,6,9-15H2,1-2H3/t16-,18+,19+,20+,21-,22+,23-/m1/s1. The fraction of sp³-hybridized carbons (Fsp3) is 0.739. The van der Waals surface area contributed by atoms with Crippen LogP contribution in [-0.2, 0) is 25.7 Å². The molecular formula is C23H32O4. The molecule has 27 heavy (non-hydrogen) atoms. The normalized spacial score (nSPS) is 45.9. The van der Waals surface area contributed by atoms with Crippen molar-refractivity contribution in [2.75, 3.05) is 6.61 Å². The molecule has 0 unspecified atom stereocenters. The topological polar surface area (TPSA) is 36.9 Å². The molecule has 0 aromatic heterocycles. The number of hydrogen-bond donors (Lipinski definition) is 0. The molecule has 2 bridgehead atoms. The summed E-state index contributed by atoms with van der Waals surface area (Å²) in [5.41, 5.74) is 1.01. The number of fused-ring (bicyclic) bond motifs is 2. The Labute approximate surface area is 162 Å². The zero-order valence-corrected chi connectivity index (χ0v) is 16.6. The van der Waals surface area contributed by atoms with E-state index in [-0.39, 0.29) is 6.29 Å². The largest absolute Gasteiger partial charge is 0.349 e. The summed E-state index contributed by atoms with van der Waals surface area (Å²) in [6.07, 6.45) is 7.68. The quantitative estimate of drug-likeness (QED) is 0.707. The van der Waals surface area contributed by atoms with E-state index in [1.165, 1.54) is 31.2 Å². The molecule has 4 heterocycles. The van der Waals surface area contributed by atoms with Gasteiger partial charge in [0.2, 0.25) is 5.79 Å². The van der Waals surface area contributed by atoms with Gasteiger partial charge in [-0.15, -0.1) is 0 Å². The summed E-state index contributed by atoms with van der Waals surface area (Å²) >= 11 is 0. The molecule has 1 spiro atoms. The highest BCUT2D eigenvalue weighted by molar-refractivity contribution is 5.15. The molecule has 4 heteroatoms. The van der Waals surface area contributed by atoms with Crippen molar-refractivity contribution < 1.29 is 19.2 Å². The van der Waals surface area contributed by atoms with Crippen LogP contribution in [0.1, 0.15) is 57.9 Å². The van der Waals surface area contributed by atoms with E-state index in [0.717, 1.165) is 25.9 Å². The van der Waals surface area contributed by atoms with Crippen LogP contribution >= 0.6 is 0 Å². The first kappa shape index (κ1) is 18.1. The van der Waals surface area contributed by atoms with E-state index in [1.54, 1.807) is 0 Å². The van der Waals surface area contributed by atoms with Gasteiger partial charge in [0.15, 0.2) is 11.9 Å². The Kier molecular flexibility index (Phi) is 4.59. The fourth-order valence-corrected chi connectivity index (χ4v) is 6.22. The first-order chi connectivity index (χ1) is 13.1. The van der Waals surface area contributed by atoms with Crippen LogP contribution in [0.15, 0.2) is 30.3 Å². The Balaban J connectivity index is 1.35. The second-order valence-electron chi connectivity index (χ2n) is 9.38. The Morgan fingerprint density at radius 2 is 1.89 bits per heavy atom. The highest BCUT2D eigenvalue weighted by atomic mass is 17.3. The van der Waals surface area contributed by atoms with E-state index < -0.39 is 11.4 Å². The minimum atomic E-state index is -0.655. The van der Waals surface area contributed by atoms with Crippen molar-refractivity contribution in [2.45, 2.75) is 76.5 Å². The second-order valence-corrected chi connectivity index (χ2v) is 9.38. The zero-order chi connectivity index (χ0) is 18.5. The maximum Gasteiger partial charge on any atom is 0.201 e. The lowest BCUT2D eigenvalue weighted by Gasteiger charge is -2.59. The van der Waals surface area contributed by atoms with E-state index >= 15 is 0 Å². The minimum absolute atomic E-state index is 0.276. The molecule has 7 atom stereocenters. The van der Waals surface area contributed by atoms with Crippen molar-refractivity contribution >= 4 is 0 Å². The molecule has 148 valence electrons. The maximum atomic E-state index is 6.33. The Hall–Kier alpha value is -0.940. The third-order valence-electron chi connectivity index (χ3n) is 7.69. The van der Waals surface area contributed by atoms with Gasteiger partial charge < -0.3 is 9.47 Å². The fourth-order valence-electron chi connectivity index (χ4n) is 6.22. The van der Waals surface area contributed by atoms with Gasteiger partial charge >= 0.3 is 0 Å². The molecule has 5 aliphatic rings. The molecule has 1 aromatic rings. The van der Waals surface area contributed by atoms with Crippen molar-refractivity contribution in [3.05, 3.63) is 35.9 Å². The molecule has 1 saturated carbocycles. The molecule has 4 nitrogen and oxygen atoms in total. The number of hydrogen-bond acceptors (Lipinski definition) is 4. The van der Waals surface area contributed by atoms with Gasteiger partial charge in [-0.1, -0.05) is 37.3 Å². The Morgan fingerprint density at radius 3 is 2.74 bits per heavy atom. The van der Waals surface area contributed by atoms with E-state index in [1.807, 2.05) is 6.92 Å². The van der Waals surface area contributed by atoms with Crippen molar-refractivity contribution in [3.8, 4) is 0 Å². The van der Waals surface area contributed by atoms with Gasteiger partial charge in [-0.3, -0.25) is 0 Å². The Morgan fingerprint density at radius 1 is 1.04 bits per heavy atom. The summed E-state index contributed by atoms with van der Waals surface area (Å²) in [6.45, 7) is 5.15. The summed E-state index contributed by atoms with van der Waals surface area (Å²) in [5.74, 6) is 1.42. The smallest absolute Gasteiger partial charge is 0.201 e. The summed E-state index contributed by atoms with van der Waals surface area (Å²) in [5, 5.41) is 0. The maximum absolute atomic E-state index is 6.33. The van der Waals surface area contributed by atoms with E-state index in [9.17, 15) is 0 Å².